The number of halogens is 2. The minimum atomic E-state index is -4.03. The molecule has 0 unspecified atom stereocenters. The summed E-state index contributed by atoms with van der Waals surface area (Å²) in [6.45, 7) is 2.60. The van der Waals surface area contributed by atoms with Crippen LogP contribution in [0.4, 0.5) is 14.5 Å². The van der Waals surface area contributed by atoms with Crippen molar-refractivity contribution in [1.29, 1.82) is 0 Å². The van der Waals surface area contributed by atoms with Crippen LogP contribution in [0.1, 0.15) is 34.3 Å². The van der Waals surface area contributed by atoms with Crippen molar-refractivity contribution < 1.29 is 22.0 Å². The van der Waals surface area contributed by atoms with Gasteiger partial charge >= 0.3 is 10.2 Å². The predicted octanol–water partition coefficient (Wildman–Crippen LogP) is 4.80. The third-order valence-electron chi connectivity index (χ3n) is 6.12. The minimum Gasteiger partial charge on any atom is -0.345 e. The van der Waals surface area contributed by atoms with Gasteiger partial charge < -0.3 is 4.98 Å². The van der Waals surface area contributed by atoms with E-state index in [9.17, 15) is 17.6 Å². The van der Waals surface area contributed by atoms with Gasteiger partial charge in [0, 0.05) is 42.0 Å². The molecule has 0 atom stereocenters. The molecule has 0 saturated carbocycles. The van der Waals surface area contributed by atoms with E-state index >= 15 is 4.39 Å². The lowest BCUT2D eigenvalue weighted by Crippen LogP contribution is -2.33. The Morgan fingerprint density at radius 1 is 1.06 bits per heavy atom. The number of benzene rings is 2. The smallest absolute Gasteiger partial charge is 0.301 e. The maximum atomic E-state index is 15.3. The van der Waals surface area contributed by atoms with Gasteiger partial charge in [0.05, 0.1) is 11.3 Å². The van der Waals surface area contributed by atoms with E-state index in [1.54, 1.807) is 12.3 Å². The fraction of sp³-hybridized carbons (Fsp3) is 0.200. The Hall–Kier alpha value is -3.63. The van der Waals surface area contributed by atoms with Crippen molar-refractivity contribution in [3.05, 3.63) is 83.2 Å². The number of aromatic amines is 1. The standard InChI is InChI=1S/C25H22F2N4O3S/c1-15-4-6-16(7-5-15)17-12-18-19(14-29-25(18)28-13-17)24(32)22-20(26)8-9-21(23(22)27)30-35(33,34)31-10-2-3-11-31/h4-9,12-14,30H,2-3,10-11H2,1H3,(H,28,29). The molecule has 2 N–H and O–H groups in total. The van der Waals surface area contributed by atoms with E-state index in [2.05, 4.69) is 14.7 Å². The highest BCUT2D eigenvalue weighted by molar-refractivity contribution is 7.90. The van der Waals surface area contributed by atoms with Gasteiger partial charge in [-0.1, -0.05) is 29.8 Å². The molecule has 0 aliphatic carbocycles. The zero-order chi connectivity index (χ0) is 24.7. The fourth-order valence-electron chi connectivity index (χ4n) is 4.20. The van der Waals surface area contributed by atoms with E-state index in [0.29, 0.717) is 37.0 Å². The maximum Gasteiger partial charge on any atom is 0.301 e. The lowest BCUT2D eigenvalue weighted by molar-refractivity contribution is 0.103. The van der Waals surface area contributed by atoms with Gasteiger partial charge in [-0.25, -0.2) is 13.8 Å². The summed E-state index contributed by atoms with van der Waals surface area (Å²) in [5.41, 5.74) is 1.79. The number of aromatic nitrogens is 2. The molecule has 35 heavy (non-hydrogen) atoms. The Kier molecular flexibility index (Phi) is 5.86. The molecule has 2 aromatic carbocycles. The third-order valence-corrected chi connectivity index (χ3v) is 7.65. The highest BCUT2D eigenvalue weighted by Crippen LogP contribution is 2.30. The molecule has 5 rings (SSSR count). The Morgan fingerprint density at radius 2 is 1.77 bits per heavy atom. The summed E-state index contributed by atoms with van der Waals surface area (Å²) in [4.78, 5) is 20.5. The molecule has 180 valence electrons. The number of nitrogens with one attached hydrogen (secondary N) is 2. The molecule has 4 aromatic rings. The number of carbonyl (C=O) groups is 1. The maximum absolute atomic E-state index is 15.3. The first kappa shape index (κ1) is 23.1. The molecule has 0 amide bonds. The van der Waals surface area contributed by atoms with E-state index in [1.165, 1.54) is 10.5 Å². The van der Waals surface area contributed by atoms with Gasteiger partial charge in [0.25, 0.3) is 0 Å². The monoisotopic (exact) mass is 496 g/mol. The predicted molar refractivity (Wildman–Crippen MR) is 129 cm³/mol. The first-order chi connectivity index (χ1) is 16.7. The Labute approximate surface area is 201 Å². The first-order valence-electron chi connectivity index (χ1n) is 11.1. The van der Waals surface area contributed by atoms with Gasteiger partial charge in [-0.2, -0.15) is 12.7 Å². The molecule has 0 bridgehead atoms. The summed E-state index contributed by atoms with van der Waals surface area (Å²) in [7, 11) is -4.03. The molecule has 1 fully saturated rings. The van der Waals surface area contributed by atoms with E-state index < -0.39 is 38.9 Å². The van der Waals surface area contributed by atoms with Gasteiger partial charge in [-0.05, 0) is 43.5 Å². The van der Waals surface area contributed by atoms with Crippen molar-refractivity contribution in [3.63, 3.8) is 0 Å². The number of aryl methyl sites for hydroxylation is 1. The van der Waals surface area contributed by atoms with E-state index in [-0.39, 0.29) is 5.56 Å². The van der Waals surface area contributed by atoms with Crippen molar-refractivity contribution in [1.82, 2.24) is 14.3 Å². The van der Waals surface area contributed by atoms with Gasteiger partial charge in [0.15, 0.2) is 5.82 Å². The zero-order valence-corrected chi connectivity index (χ0v) is 19.6. The number of pyridine rings is 1. The largest absolute Gasteiger partial charge is 0.345 e. The van der Waals surface area contributed by atoms with Gasteiger partial charge in [-0.15, -0.1) is 0 Å². The Bertz CT molecular complexity index is 1540. The van der Waals surface area contributed by atoms with Crippen molar-refractivity contribution in [2.45, 2.75) is 19.8 Å². The van der Waals surface area contributed by atoms with Crippen LogP contribution in [0, 0.1) is 18.6 Å². The molecular formula is C25H22F2N4O3S. The third kappa shape index (κ3) is 4.30. The van der Waals surface area contributed by atoms with Crippen molar-refractivity contribution in [3.8, 4) is 11.1 Å². The second kappa shape index (κ2) is 8.86. The van der Waals surface area contributed by atoms with E-state index in [4.69, 9.17) is 0 Å². The summed E-state index contributed by atoms with van der Waals surface area (Å²) >= 11 is 0. The van der Waals surface area contributed by atoms with Crippen LogP contribution in [0.5, 0.6) is 0 Å². The summed E-state index contributed by atoms with van der Waals surface area (Å²) in [5.74, 6) is -3.28. The highest BCUT2D eigenvalue weighted by Gasteiger charge is 2.29. The summed E-state index contributed by atoms with van der Waals surface area (Å²) in [6.07, 6.45) is 4.40. The van der Waals surface area contributed by atoms with Crippen molar-refractivity contribution >= 4 is 32.7 Å². The summed E-state index contributed by atoms with van der Waals surface area (Å²) < 4.78 is 58.5. The van der Waals surface area contributed by atoms with Crippen LogP contribution in [-0.2, 0) is 10.2 Å². The highest BCUT2D eigenvalue weighted by atomic mass is 32.2. The number of anilines is 1. The summed E-state index contributed by atoms with van der Waals surface area (Å²) in [5, 5.41) is 0.398. The minimum absolute atomic E-state index is 0.0267. The normalized spacial score (nSPS) is 14.5. The van der Waals surface area contributed by atoms with Crippen LogP contribution in [0.25, 0.3) is 22.2 Å². The molecule has 0 spiro atoms. The zero-order valence-electron chi connectivity index (χ0n) is 18.8. The van der Waals surface area contributed by atoms with Crippen LogP contribution in [0.15, 0.2) is 54.9 Å². The number of H-pyrrole nitrogens is 1. The molecule has 2 aromatic heterocycles. The van der Waals surface area contributed by atoms with Gasteiger partial charge in [0.1, 0.15) is 11.5 Å². The second-order valence-electron chi connectivity index (χ2n) is 8.51. The van der Waals surface area contributed by atoms with Crippen LogP contribution in [-0.4, -0.2) is 41.6 Å². The van der Waals surface area contributed by atoms with Crippen LogP contribution in [0.3, 0.4) is 0 Å². The first-order valence-corrected chi connectivity index (χ1v) is 12.5. The van der Waals surface area contributed by atoms with Gasteiger partial charge in [0.2, 0.25) is 5.78 Å². The average molecular weight is 497 g/mol. The number of nitrogens with zero attached hydrogens (tertiary/aromatic N) is 2. The lowest BCUT2D eigenvalue weighted by atomic mass is 9.99. The van der Waals surface area contributed by atoms with Crippen molar-refractivity contribution in [2.75, 3.05) is 17.8 Å². The number of rotatable bonds is 6. The summed E-state index contributed by atoms with van der Waals surface area (Å²) in [6, 6.07) is 11.3. The molecule has 1 aliphatic heterocycles. The number of fused-ring (bicyclic) bond motifs is 1. The molecule has 0 radical (unpaired) electrons. The second-order valence-corrected chi connectivity index (χ2v) is 10.2. The van der Waals surface area contributed by atoms with Crippen LogP contribution >= 0.6 is 0 Å². The van der Waals surface area contributed by atoms with Crippen LogP contribution < -0.4 is 4.72 Å². The number of ketones is 1. The Morgan fingerprint density at radius 3 is 2.49 bits per heavy atom. The van der Waals surface area contributed by atoms with Crippen molar-refractivity contribution in [2.24, 2.45) is 0 Å². The SMILES string of the molecule is Cc1ccc(-c2cnc3[nH]cc(C(=O)c4c(F)ccc(NS(=O)(=O)N5CCCC5)c4F)c3c2)cc1. The fourth-order valence-corrected chi connectivity index (χ4v) is 5.50. The molecule has 7 nitrogen and oxygen atoms in total. The topological polar surface area (TPSA) is 95.2 Å². The molecule has 3 heterocycles. The number of carbonyl (C=O) groups excluding carboxylic acids is 1. The van der Waals surface area contributed by atoms with E-state index in [1.807, 2.05) is 31.2 Å². The number of hydrogen-bond donors (Lipinski definition) is 2. The molecular weight excluding hydrogens is 474 g/mol. The average Bonchev–Trinajstić information content (AvgIpc) is 3.52. The molecule has 1 aliphatic rings. The van der Waals surface area contributed by atoms with E-state index in [0.717, 1.165) is 28.8 Å². The number of hydrogen-bond acceptors (Lipinski definition) is 4. The lowest BCUT2D eigenvalue weighted by Gasteiger charge is -2.18. The molecule has 10 heteroatoms. The van der Waals surface area contributed by atoms with Gasteiger partial charge in [-0.3, -0.25) is 9.52 Å². The van der Waals surface area contributed by atoms with Crippen LogP contribution in [0.2, 0.25) is 0 Å². The quantitative estimate of drug-likeness (QED) is 0.375. The Balaban J connectivity index is 1.53. The molecule has 1 saturated heterocycles.